The van der Waals surface area contributed by atoms with Gasteiger partial charge in [-0.25, -0.2) is 4.79 Å². The van der Waals surface area contributed by atoms with Gasteiger partial charge in [0.1, 0.15) is 5.60 Å². The Balaban J connectivity index is 2.81. The maximum atomic E-state index is 12.1. The number of nitrogens with zero attached hydrogens (tertiary/aromatic N) is 1. The van der Waals surface area contributed by atoms with Gasteiger partial charge in [-0.1, -0.05) is 0 Å². The monoisotopic (exact) mass is 301 g/mol. The molecule has 120 valence electrons. The number of hydrogen-bond acceptors (Lipinski definition) is 6. The van der Waals surface area contributed by atoms with Crippen LogP contribution < -0.4 is 0 Å². The minimum atomic E-state index is -0.733. The molecule has 2 atom stereocenters. The van der Waals surface area contributed by atoms with Crippen LogP contribution in [0.4, 0.5) is 4.79 Å². The minimum absolute atomic E-state index is 0.0847. The van der Waals surface area contributed by atoms with Crippen molar-refractivity contribution in [2.45, 2.75) is 32.8 Å². The van der Waals surface area contributed by atoms with E-state index in [1.165, 1.54) is 19.1 Å². The minimum Gasteiger partial charge on any atom is -0.469 e. The summed E-state index contributed by atoms with van der Waals surface area (Å²) >= 11 is 0. The van der Waals surface area contributed by atoms with E-state index < -0.39 is 35.5 Å². The van der Waals surface area contributed by atoms with Gasteiger partial charge in [-0.05, 0) is 27.2 Å². The largest absolute Gasteiger partial charge is 0.469 e. The molecule has 0 unspecified atom stereocenters. The van der Waals surface area contributed by atoms with E-state index >= 15 is 0 Å². The summed E-state index contributed by atoms with van der Waals surface area (Å²) in [5.74, 6) is -2.32. The van der Waals surface area contributed by atoms with E-state index in [2.05, 4.69) is 0 Å². The first-order valence-corrected chi connectivity index (χ1v) is 6.83. The van der Waals surface area contributed by atoms with Gasteiger partial charge in [0.2, 0.25) is 0 Å². The molecule has 1 fully saturated rings. The molecule has 0 spiro atoms. The van der Waals surface area contributed by atoms with Crippen LogP contribution in [0, 0.1) is 11.8 Å². The number of carbonyl (C=O) groups is 3. The number of ether oxygens (including phenoxy) is 3. The Morgan fingerprint density at radius 1 is 1.00 bits per heavy atom. The van der Waals surface area contributed by atoms with Crippen LogP contribution in [-0.4, -0.2) is 55.8 Å². The smallest absolute Gasteiger partial charge is 0.410 e. The molecule has 0 bridgehead atoms. The zero-order valence-electron chi connectivity index (χ0n) is 13.2. The maximum absolute atomic E-state index is 12.1. The standard InChI is InChI=1S/C14H23NO6/c1-14(2,3)21-13(18)15-7-6-9(11(16)19-4)10(8-15)12(17)20-5/h9-10H,6-8H2,1-5H3/t9-,10-/m1/s1. The van der Waals surface area contributed by atoms with Crippen molar-refractivity contribution in [1.29, 1.82) is 0 Å². The summed E-state index contributed by atoms with van der Waals surface area (Å²) in [6.45, 7) is 5.72. The fraction of sp³-hybridized carbons (Fsp3) is 0.786. The summed E-state index contributed by atoms with van der Waals surface area (Å²) in [7, 11) is 2.53. The van der Waals surface area contributed by atoms with Crippen molar-refractivity contribution in [2.75, 3.05) is 27.3 Å². The second-order valence-corrected chi connectivity index (χ2v) is 5.97. The molecule has 1 aliphatic rings. The lowest BCUT2D eigenvalue weighted by Crippen LogP contribution is -2.50. The van der Waals surface area contributed by atoms with Crippen molar-refractivity contribution in [1.82, 2.24) is 4.90 Å². The lowest BCUT2D eigenvalue weighted by Gasteiger charge is -2.36. The number of likely N-dealkylation sites (tertiary alicyclic amines) is 1. The third kappa shape index (κ3) is 4.61. The Bertz CT molecular complexity index is 414. The predicted molar refractivity (Wildman–Crippen MR) is 73.4 cm³/mol. The molecular formula is C14H23NO6. The van der Waals surface area contributed by atoms with E-state index in [9.17, 15) is 14.4 Å². The van der Waals surface area contributed by atoms with Crippen molar-refractivity contribution in [3.05, 3.63) is 0 Å². The molecule has 21 heavy (non-hydrogen) atoms. The Hall–Kier alpha value is -1.79. The Labute approximate surface area is 124 Å². The normalized spacial score (nSPS) is 22.4. The second-order valence-electron chi connectivity index (χ2n) is 5.97. The molecular weight excluding hydrogens is 278 g/mol. The summed E-state index contributed by atoms with van der Waals surface area (Å²) in [4.78, 5) is 37.1. The van der Waals surface area contributed by atoms with Gasteiger partial charge in [-0.15, -0.1) is 0 Å². The number of hydrogen-bond donors (Lipinski definition) is 0. The Morgan fingerprint density at radius 3 is 2.00 bits per heavy atom. The van der Waals surface area contributed by atoms with Gasteiger partial charge in [-0.2, -0.15) is 0 Å². The van der Waals surface area contributed by atoms with Crippen LogP contribution in [-0.2, 0) is 23.8 Å². The molecule has 0 aromatic carbocycles. The Kier molecular flexibility index (Phi) is 5.57. The lowest BCUT2D eigenvalue weighted by atomic mass is 9.85. The van der Waals surface area contributed by atoms with Crippen molar-refractivity contribution in [2.24, 2.45) is 11.8 Å². The number of methoxy groups -OCH3 is 2. The quantitative estimate of drug-likeness (QED) is 0.563. The molecule has 1 aliphatic heterocycles. The van der Waals surface area contributed by atoms with E-state index in [0.717, 1.165) is 0 Å². The summed E-state index contributed by atoms with van der Waals surface area (Å²) in [5.41, 5.74) is -0.614. The topological polar surface area (TPSA) is 82.1 Å². The summed E-state index contributed by atoms with van der Waals surface area (Å²) in [6.07, 6.45) is -0.161. The molecule has 1 saturated heterocycles. The van der Waals surface area contributed by atoms with Crippen molar-refractivity contribution >= 4 is 18.0 Å². The van der Waals surface area contributed by atoms with E-state index in [1.54, 1.807) is 20.8 Å². The van der Waals surface area contributed by atoms with Crippen LogP contribution in [0.15, 0.2) is 0 Å². The fourth-order valence-electron chi connectivity index (χ4n) is 2.27. The highest BCUT2D eigenvalue weighted by Gasteiger charge is 2.42. The second kappa shape index (κ2) is 6.78. The van der Waals surface area contributed by atoms with Crippen LogP contribution in [0.25, 0.3) is 0 Å². The van der Waals surface area contributed by atoms with Crippen LogP contribution in [0.5, 0.6) is 0 Å². The average Bonchev–Trinajstić information content (AvgIpc) is 2.43. The predicted octanol–water partition coefficient (Wildman–Crippen LogP) is 1.21. The zero-order valence-corrected chi connectivity index (χ0v) is 13.2. The summed E-state index contributed by atoms with van der Waals surface area (Å²) < 4.78 is 14.7. The number of amides is 1. The molecule has 1 rings (SSSR count). The molecule has 0 radical (unpaired) electrons. The van der Waals surface area contributed by atoms with E-state index in [4.69, 9.17) is 14.2 Å². The zero-order chi connectivity index (χ0) is 16.2. The number of carbonyl (C=O) groups excluding carboxylic acids is 3. The van der Waals surface area contributed by atoms with Crippen molar-refractivity contribution in [3.8, 4) is 0 Å². The van der Waals surface area contributed by atoms with Gasteiger partial charge in [0.05, 0.1) is 26.1 Å². The molecule has 0 aromatic rings. The van der Waals surface area contributed by atoms with Gasteiger partial charge >= 0.3 is 18.0 Å². The van der Waals surface area contributed by atoms with Gasteiger partial charge in [0.15, 0.2) is 0 Å². The number of rotatable bonds is 2. The van der Waals surface area contributed by atoms with E-state index in [0.29, 0.717) is 13.0 Å². The Morgan fingerprint density at radius 2 is 1.52 bits per heavy atom. The molecule has 1 heterocycles. The van der Waals surface area contributed by atoms with Crippen LogP contribution in [0.2, 0.25) is 0 Å². The maximum Gasteiger partial charge on any atom is 0.410 e. The van der Waals surface area contributed by atoms with Crippen molar-refractivity contribution in [3.63, 3.8) is 0 Å². The third-order valence-electron chi connectivity index (χ3n) is 3.27. The third-order valence-corrected chi connectivity index (χ3v) is 3.27. The molecule has 0 saturated carbocycles. The highest BCUT2D eigenvalue weighted by atomic mass is 16.6. The first kappa shape index (κ1) is 17.3. The van der Waals surface area contributed by atoms with E-state index in [-0.39, 0.29) is 6.54 Å². The molecule has 1 amide bonds. The molecule has 7 nitrogen and oxygen atoms in total. The number of piperidine rings is 1. The van der Waals surface area contributed by atoms with Gasteiger partial charge in [-0.3, -0.25) is 9.59 Å². The van der Waals surface area contributed by atoms with Crippen LogP contribution >= 0.6 is 0 Å². The highest BCUT2D eigenvalue weighted by molar-refractivity contribution is 5.83. The lowest BCUT2D eigenvalue weighted by molar-refractivity contribution is -0.160. The average molecular weight is 301 g/mol. The van der Waals surface area contributed by atoms with Crippen molar-refractivity contribution < 1.29 is 28.6 Å². The molecule has 7 heteroatoms. The van der Waals surface area contributed by atoms with Gasteiger partial charge in [0.25, 0.3) is 0 Å². The first-order chi connectivity index (χ1) is 9.69. The summed E-state index contributed by atoms with van der Waals surface area (Å²) in [5, 5.41) is 0. The van der Waals surface area contributed by atoms with Gasteiger partial charge in [0, 0.05) is 13.1 Å². The first-order valence-electron chi connectivity index (χ1n) is 6.83. The summed E-state index contributed by atoms with van der Waals surface area (Å²) in [6, 6.07) is 0. The van der Waals surface area contributed by atoms with Gasteiger partial charge < -0.3 is 19.1 Å². The highest BCUT2D eigenvalue weighted by Crippen LogP contribution is 2.27. The van der Waals surface area contributed by atoms with Crippen LogP contribution in [0.3, 0.4) is 0 Å². The molecule has 0 aromatic heterocycles. The molecule has 0 N–H and O–H groups in total. The fourth-order valence-corrected chi connectivity index (χ4v) is 2.27. The van der Waals surface area contributed by atoms with Crippen LogP contribution in [0.1, 0.15) is 27.2 Å². The van der Waals surface area contributed by atoms with E-state index in [1.807, 2.05) is 0 Å². The SMILES string of the molecule is COC(=O)[C@@H]1CCN(C(=O)OC(C)(C)C)C[C@H]1C(=O)OC. The molecule has 0 aliphatic carbocycles. The number of esters is 2.